The quantitative estimate of drug-likeness (QED) is 0.840. The highest BCUT2D eigenvalue weighted by Crippen LogP contribution is 2.29. The normalized spacial score (nSPS) is 10.5. The van der Waals surface area contributed by atoms with Gasteiger partial charge in [-0.1, -0.05) is 0 Å². The number of carboxylic acids is 1. The molecule has 0 bridgehead atoms. The van der Waals surface area contributed by atoms with Gasteiger partial charge in [-0.05, 0) is 24.3 Å². The number of nitrogens with zero attached hydrogens (tertiary/aromatic N) is 1. The standard InChI is InChI=1S/C13H13NO3S/c1-17-9-2-3-11-10(8-9)12(4-6-14-11)18-7-5-13(15)16/h2-4,6,8H,5,7H2,1H3,(H,15,16). The highest BCUT2D eigenvalue weighted by Gasteiger charge is 2.05. The number of ether oxygens (including phenoxy) is 1. The van der Waals surface area contributed by atoms with Crippen molar-refractivity contribution in [2.24, 2.45) is 0 Å². The monoisotopic (exact) mass is 263 g/mol. The average Bonchev–Trinajstić information content (AvgIpc) is 2.38. The largest absolute Gasteiger partial charge is 0.497 e. The summed E-state index contributed by atoms with van der Waals surface area (Å²) in [4.78, 5) is 15.8. The number of carboxylic acid groups (broad SMARTS) is 1. The number of benzene rings is 1. The van der Waals surface area contributed by atoms with Gasteiger partial charge >= 0.3 is 5.97 Å². The van der Waals surface area contributed by atoms with E-state index in [1.165, 1.54) is 11.8 Å². The second-order valence-electron chi connectivity index (χ2n) is 3.68. The van der Waals surface area contributed by atoms with Crippen molar-refractivity contribution < 1.29 is 14.6 Å². The molecule has 1 N–H and O–H groups in total. The summed E-state index contributed by atoms with van der Waals surface area (Å²) in [7, 11) is 1.62. The van der Waals surface area contributed by atoms with E-state index >= 15 is 0 Å². The first-order chi connectivity index (χ1) is 8.70. The van der Waals surface area contributed by atoms with Gasteiger partial charge in [0.25, 0.3) is 0 Å². The second kappa shape index (κ2) is 5.73. The van der Waals surface area contributed by atoms with E-state index < -0.39 is 5.97 Å². The van der Waals surface area contributed by atoms with Gasteiger partial charge in [-0.25, -0.2) is 0 Å². The molecule has 0 saturated heterocycles. The lowest BCUT2D eigenvalue weighted by atomic mass is 10.2. The molecule has 0 aliphatic heterocycles. The lowest BCUT2D eigenvalue weighted by molar-refractivity contribution is -0.136. The van der Waals surface area contributed by atoms with Crippen LogP contribution >= 0.6 is 11.8 Å². The minimum absolute atomic E-state index is 0.151. The topological polar surface area (TPSA) is 59.4 Å². The molecule has 0 aliphatic carbocycles. The summed E-state index contributed by atoms with van der Waals surface area (Å²) in [6.07, 6.45) is 1.89. The van der Waals surface area contributed by atoms with Gasteiger partial charge in [0, 0.05) is 22.2 Å². The minimum atomic E-state index is -0.779. The molecule has 18 heavy (non-hydrogen) atoms. The molecule has 0 saturated carbocycles. The molecule has 0 fully saturated rings. The number of rotatable bonds is 5. The fourth-order valence-corrected chi connectivity index (χ4v) is 2.57. The zero-order valence-electron chi connectivity index (χ0n) is 9.92. The van der Waals surface area contributed by atoms with Gasteiger partial charge in [0.1, 0.15) is 5.75 Å². The Balaban J connectivity index is 2.28. The van der Waals surface area contributed by atoms with Gasteiger partial charge in [-0.15, -0.1) is 11.8 Å². The summed E-state index contributed by atoms with van der Waals surface area (Å²) in [6.45, 7) is 0. The highest BCUT2D eigenvalue weighted by atomic mass is 32.2. The third kappa shape index (κ3) is 2.92. The number of thioether (sulfide) groups is 1. The fourth-order valence-electron chi connectivity index (χ4n) is 1.60. The van der Waals surface area contributed by atoms with Crippen molar-refractivity contribution in [1.82, 2.24) is 4.98 Å². The SMILES string of the molecule is COc1ccc2nccc(SCCC(=O)O)c2c1. The van der Waals surface area contributed by atoms with Crippen molar-refractivity contribution in [3.05, 3.63) is 30.5 Å². The van der Waals surface area contributed by atoms with Crippen LogP contribution in [-0.2, 0) is 4.79 Å². The number of hydrogen-bond acceptors (Lipinski definition) is 4. The number of aromatic nitrogens is 1. The van der Waals surface area contributed by atoms with Crippen LogP contribution < -0.4 is 4.74 Å². The first kappa shape index (κ1) is 12.7. The van der Waals surface area contributed by atoms with Crippen LogP contribution in [0.4, 0.5) is 0 Å². The Morgan fingerprint density at radius 1 is 1.44 bits per heavy atom. The summed E-state index contributed by atoms with van der Waals surface area (Å²) in [5.74, 6) is 0.542. The molecule has 0 amide bonds. The molecule has 1 heterocycles. The number of carbonyl (C=O) groups is 1. The van der Waals surface area contributed by atoms with Crippen LogP contribution in [0, 0.1) is 0 Å². The number of pyridine rings is 1. The Hall–Kier alpha value is -1.75. The van der Waals surface area contributed by atoms with Crippen molar-refractivity contribution in [1.29, 1.82) is 0 Å². The lowest BCUT2D eigenvalue weighted by Crippen LogP contribution is -1.96. The van der Waals surface area contributed by atoms with Crippen LogP contribution in [0.1, 0.15) is 6.42 Å². The molecule has 1 aromatic heterocycles. The van der Waals surface area contributed by atoms with Gasteiger partial charge in [-0.2, -0.15) is 0 Å². The molecule has 0 spiro atoms. The first-order valence-electron chi connectivity index (χ1n) is 5.48. The molecule has 0 aliphatic rings. The maximum absolute atomic E-state index is 10.5. The third-order valence-electron chi connectivity index (χ3n) is 2.48. The Kier molecular flexibility index (Phi) is 4.04. The van der Waals surface area contributed by atoms with E-state index in [9.17, 15) is 4.79 Å². The van der Waals surface area contributed by atoms with Crippen LogP contribution in [0.25, 0.3) is 10.9 Å². The molecule has 5 heteroatoms. The van der Waals surface area contributed by atoms with E-state index in [1.807, 2.05) is 24.3 Å². The summed E-state index contributed by atoms with van der Waals surface area (Å²) >= 11 is 1.52. The molecular formula is C13H13NO3S. The van der Waals surface area contributed by atoms with Gasteiger partial charge in [-0.3, -0.25) is 9.78 Å². The Morgan fingerprint density at radius 2 is 2.28 bits per heavy atom. The third-order valence-corrected chi connectivity index (χ3v) is 3.56. The summed E-state index contributed by atoms with van der Waals surface area (Å²) < 4.78 is 5.19. The molecule has 2 rings (SSSR count). The number of fused-ring (bicyclic) bond motifs is 1. The molecule has 0 radical (unpaired) electrons. The van der Waals surface area contributed by atoms with Crippen LogP contribution in [-0.4, -0.2) is 28.9 Å². The van der Waals surface area contributed by atoms with Crippen molar-refractivity contribution in [2.45, 2.75) is 11.3 Å². The average molecular weight is 263 g/mol. The lowest BCUT2D eigenvalue weighted by Gasteiger charge is -2.06. The smallest absolute Gasteiger partial charge is 0.304 e. The molecule has 1 aromatic carbocycles. The molecule has 0 unspecified atom stereocenters. The molecule has 0 atom stereocenters. The zero-order valence-corrected chi connectivity index (χ0v) is 10.7. The van der Waals surface area contributed by atoms with E-state index in [2.05, 4.69) is 4.98 Å². The van der Waals surface area contributed by atoms with Crippen molar-refractivity contribution in [3.63, 3.8) is 0 Å². The van der Waals surface area contributed by atoms with Gasteiger partial charge in [0.15, 0.2) is 0 Å². The molecule has 2 aromatic rings. The van der Waals surface area contributed by atoms with E-state index in [1.54, 1.807) is 13.3 Å². The van der Waals surface area contributed by atoms with Crippen LogP contribution in [0.5, 0.6) is 5.75 Å². The Bertz CT molecular complexity index is 571. The van der Waals surface area contributed by atoms with Crippen molar-refractivity contribution in [2.75, 3.05) is 12.9 Å². The van der Waals surface area contributed by atoms with Crippen LogP contribution in [0.15, 0.2) is 35.4 Å². The zero-order chi connectivity index (χ0) is 13.0. The maximum Gasteiger partial charge on any atom is 0.304 e. The number of aliphatic carboxylic acids is 1. The van der Waals surface area contributed by atoms with E-state index in [-0.39, 0.29) is 6.42 Å². The van der Waals surface area contributed by atoms with Gasteiger partial charge in [0.05, 0.1) is 19.0 Å². The maximum atomic E-state index is 10.5. The Labute approximate surface area is 109 Å². The fraction of sp³-hybridized carbons (Fsp3) is 0.231. The predicted molar refractivity (Wildman–Crippen MR) is 71.3 cm³/mol. The van der Waals surface area contributed by atoms with Gasteiger partial charge in [0.2, 0.25) is 0 Å². The molecular weight excluding hydrogens is 250 g/mol. The second-order valence-corrected chi connectivity index (χ2v) is 4.82. The minimum Gasteiger partial charge on any atom is -0.497 e. The van der Waals surface area contributed by atoms with Crippen LogP contribution in [0.2, 0.25) is 0 Å². The summed E-state index contributed by atoms with van der Waals surface area (Å²) in [6, 6.07) is 7.58. The van der Waals surface area contributed by atoms with E-state index in [0.29, 0.717) is 5.75 Å². The van der Waals surface area contributed by atoms with Crippen molar-refractivity contribution >= 4 is 28.6 Å². The van der Waals surface area contributed by atoms with Crippen LogP contribution in [0.3, 0.4) is 0 Å². The predicted octanol–water partition coefficient (Wildman–Crippen LogP) is 2.81. The summed E-state index contributed by atoms with van der Waals surface area (Å²) in [5, 5.41) is 9.63. The highest BCUT2D eigenvalue weighted by molar-refractivity contribution is 7.99. The van der Waals surface area contributed by atoms with Gasteiger partial charge < -0.3 is 9.84 Å². The summed E-state index contributed by atoms with van der Waals surface area (Å²) in [5.41, 5.74) is 0.885. The number of hydrogen-bond donors (Lipinski definition) is 1. The van der Waals surface area contributed by atoms with Crippen molar-refractivity contribution in [3.8, 4) is 5.75 Å². The first-order valence-corrected chi connectivity index (χ1v) is 6.46. The molecule has 94 valence electrons. The van der Waals surface area contributed by atoms with E-state index in [0.717, 1.165) is 21.5 Å². The van der Waals surface area contributed by atoms with E-state index in [4.69, 9.17) is 9.84 Å². The Morgan fingerprint density at radius 3 is 3.00 bits per heavy atom. The molecule has 4 nitrogen and oxygen atoms in total. The number of methoxy groups -OCH3 is 1.